The van der Waals surface area contributed by atoms with Crippen LogP contribution >= 0.6 is 0 Å². The van der Waals surface area contributed by atoms with Crippen molar-refractivity contribution >= 4 is 11.9 Å². The average Bonchev–Trinajstić information content (AvgIpc) is 3.35. The van der Waals surface area contributed by atoms with Crippen molar-refractivity contribution in [3.8, 4) is 5.69 Å². The molecule has 1 aromatic carbocycles. The SMILES string of the molecule is O=C(O)[C@H]1[C@H](C(=O)NCc2ccccc2-n2cccn2)[C@H]2C=C[C@H]1C2. The summed E-state index contributed by atoms with van der Waals surface area (Å²) in [5, 5.41) is 16.7. The predicted molar refractivity (Wildman–Crippen MR) is 90.8 cm³/mol. The van der Waals surface area contributed by atoms with Gasteiger partial charge in [-0.05, 0) is 36.0 Å². The zero-order valence-corrected chi connectivity index (χ0v) is 13.6. The second kappa shape index (κ2) is 6.20. The van der Waals surface area contributed by atoms with Crippen molar-refractivity contribution in [1.82, 2.24) is 15.1 Å². The van der Waals surface area contributed by atoms with E-state index in [2.05, 4.69) is 10.4 Å². The van der Waals surface area contributed by atoms with Gasteiger partial charge in [-0.15, -0.1) is 0 Å². The number of aliphatic carboxylic acids is 1. The van der Waals surface area contributed by atoms with Gasteiger partial charge < -0.3 is 10.4 Å². The first-order valence-electron chi connectivity index (χ1n) is 8.42. The Morgan fingerprint density at radius 3 is 2.64 bits per heavy atom. The lowest BCUT2D eigenvalue weighted by Gasteiger charge is -2.24. The number of hydrogen-bond donors (Lipinski definition) is 2. The highest BCUT2D eigenvalue weighted by atomic mass is 16.4. The highest BCUT2D eigenvalue weighted by molar-refractivity contribution is 5.86. The van der Waals surface area contributed by atoms with Crippen molar-refractivity contribution in [2.75, 3.05) is 0 Å². The number of carboxylic acids is 1. The van der Waals surface area contributed by atoms with E-state index < -0.39 is 17.8 Å². The molecule has 2 aromatic rings. The molecule has 2 N–H and O–H groups in total. The quantitative estimate of drug-likeness (QED) is 0.818. The van der Waals surface area contributed by atoms with Crippen molar-refractivity contribution in [2.24, 2.45) is 23.7 Å². The monoisotopic (exact) mass is 337 g/mol. The summed E-state index contributed by atoms with van der Waals surface area (Å²) in [6, 6.07) is 9.55. The molecule has 0 saturated heterocycles. The number of carbonyl (C=O) groups excluding carboxylic acids is 1. The molecule has 1 heterocycles. The number of para-hydroxylation sites is 1. The fourth-order valence-corrected chi connectivity index (χ4v) is 4.11. The molecule has 4 atom stereocenters. The largest absolute Gasteiger partial charge is 0.481 e. The fraction of sp³-hybridized carbons (Fsp3) is 0.316. The number of benzene rings is 1. The van der Waals surface area contributed by atoms with E-state index in [-0.39, 0.29) is 17.7 Å². The maximum atomic E-state index is 12.7. The second-order valence-electron chi connectivity index (χ2n) is 6.64. The number of nitrogens with zero attached hydrogens (tertiary/aromatic N) is 2. The van der Waals surface area contributed by atoms with Crippen LogP contribution in [0.2, 0.25) is 0 Å². The van der Waals surface area contributed by atoms with Crippen LogP contribution in [0.15, 0.2) is 54.9 Å². The molecule has 0 unspecified atom stereocenters. The predicted octanol–water partition coefficient (Wildman–Crippen LogP) is 2.01. The highest BCUT2D eigenvalue weighted by Gasteiger charge is 2.51. The number of hydrogen-bond acceptors (Lipinski definition) is 3. The van der Waals surface area contributed by atoms with Crippen molar-refractivity contribution in [3.63, 3.8) is 0 Å². The lowest BCUT2D eigenvalue weighted by Crippen LogP contribution is -2.40. The van der Waals surface area contributed by atoms with Gasteiger partial charge in [0.1, 0.15) is 0 Å². The molecule has 2 bridgehead atoms. The van der Waals surface area contributed by atoms with Crippen molar-refractivity contribution < 1.29 is 14.7 Å². The van der Waals surface area contributed by atoms with Crippen LogP contribution in [-0.2, 0) is 16.1 Å². The van der Waals surface area contributed by atoms with Crippen molar-refractivity contribution in [1.29, 1.82) is 0 Å². The van der Waals surface area contributed by atoms with Crippen molar-refractivity contribution in [2.45, 2.75) is 13.0 Å². The Morgan fingerprint density at radius 2 is 1.92 bits per heavy atom. The first kappa shape index (κ1) is 15.6. The number of amides is 1. The third-order valence-electron chi connectivity index (χ3n) is 5.24. The van der Waals surface area contributed by atoms with Crippen LogP contribution < -0.4 is 5.32 Å². The van der Waals surface area contributed by atoms with Gasteiger partial charge in [-0.3, -0.25) is 9.59 Å². The lowest BCUT2D eigenvalue weighted by molar-refractivity contribution is -0.147. The van der Waals surface area contributed by atoms with E-state index in [1.54, 1.807) is 10.9 Å². The number of nitrogens with one attached hydrogen (secondary N) is 1. The first-order valence-corrected chi connectivity index (χ1v) is 8.42. The first-order chi connectivity index (χ1) is 12.1. The molecule has 6 heteroatoms. The molecule has 2 aliphatic rings. The summed E-state index contributed by atoms with van der Waals surface area (Å²) in [5.41, 5.74) is 1.83. The summed E-state index contributed by atoms with van der Waals surface area (Å²) in [6.07, 6.45) is 8.25. The Morgan fingerprint density at radius 1 is 1.16 bits per heavy atom. The summed E-state index contributed by atoms with van der Waals surface area (Å²) in [6.45, 7) is 0.346. The molecule has 2 aliphatic carbocycles. The molecular formula is C19H19N3O3. The molecular weight excluding hydrogens is 318 g/mol. The van der Waals surface area contributed by atoms with E-state index in [1.807, 2.05) is 48.7 Å². The maximum absolute atomic E-state index is 12.7. The number of aromatic nitrogens is 2. The number of carboxylic acid groups (broad SMARTS) is 1. The summed E-state index contributed by atoms with van der Waals surface area (Å²) >= 11 is 0. The minimum absolute atomic E-state index is 0.0189. The van der Waals surface area contributed by atoms with E-state index in [4.69, 9.17) is 0 Å². The topological polar surface area (TPSA) is 84.2 Å². The smallest absolute Gasteiger partial charge is 0.307 e. The molecule has 128 valence electrons. The van der Waals surface area contributed by atoms with Gasteiger partial charge >= 0.3 is 5.97 Å². The van der Waals surface area contributed by atoms with Crippen molar-refractivity contribution in [3.05, 3.63) is 60.4 Å². The summed E-state index contributed by atoms with van der Waals surface area (Å²) in [5.74, 6) is -2.14. The molecule has 1 fully saturated rings. The van der Waals surface area contributed by atoms with Gasteiger partial charge in [0.05, 0.1) is 17.5 Å². The van der Waals surface area contributed by atoms with Crippen LogP contribution in [0, 0.1) is 23.7 Å². The van der Waals surface area contributed by atoms with Gasteiger partial charge in [-0.2, -0.15) is 5.10 Å². The maximum Gasteiger partial charge on any atom is 0.307 e. The van der Waals surface area contributed by atoms with Gasteiger partial charge in [-0.1, -0.05) is 30.4 Å². The van der Waals surface area contributed by atoms with Crippen LogP contribution in [-0.4, -0.2) is 26.8 Å². The molecule has 1 amide bonds. The van der Waals surface area contributed by atoms with Crippen LogP contribution in [0.3, 0.4) is 0 Å². The average molecular weight is 337 g/mol. The second-order valence-corrected chi connectivity index (χ2v) is 6.64. The lowest BCUT2D eigenvalue weighted by atomic mass is 9.82. The Balaban J connectivity index is 1.50. The number of carbonyl (C=O) groups is 2. The molecule has 0 spiro atoms. The Bertz CT molecular complexity index is 828. The van der Waals surface area contributed by atoms with Gasteiger partial charge in [-0.25, -0.2) is 4.68 Å². The van der Waals surface area contributed by atoms with E-state index in [0.29, 0.717) is 6.54 Å². The Kier molecular flexibility index (Phi) is 3.87. The zero-order valence-electron chi connectivity index (χ0n) is 13.6. The molecule has 25 heavy (non-hydrogen) atoms. The van der Waals surface area contributed by atoms with Crippen LogP contribution in [0.25, 0.3) is 5.69 Å². The van der Waals surface area contributed by atoms with E-state index in [0.717, 1.165) is 17.7 Å². The van der Waals surface area contributed by atoms with Gasteiger partial charge in [0.15, 0.2) is 0 Å². The van der Waals surface area contributed by atoms with Crippen LogP contribution in [0.1, 0.15) is 12.0 Å². The number of fused-ring (bicyclic) bond motifs is 2. The molecule has 1 saturated carbocycles. The third kappa shape index (κ3) is 2.73. The summed E-state index contributed by atoms with van der Waals surface area (Å²) < 4.78 is 1.75. The standard InChI is InChI=1S/C19H19N3O3/c23-18(16-12-6-7-13(10-12)17(16)19(24)25)20-11-14-4-1-2-5-15(14)22-9-3-8-21-22/h1-9,12-13,16-17H,10-11H2,(H,20,23)(H,24,25)/t12-,13-,16+,17+/m0/s1. The van der Waals surface area contributed by atoms with Gasteiger partial charge in [0, 0.05) is 18.9 Å². The van der Waals surface area contributed by atoms with E-state index in [9.17, 15) is 14.7 Å². The Hall–Kier alpha value is -2.89. The minimum atomic E-state index is -0.881. The molecule has 6 nitrogen and oxygen atoms in total. The van der Waals surface area contributed by atoms with Gasteiger partial charge in [0.2, 0.25) is 5.91 Å². The fourth-order valence-electron chi connectivity index (χ4n) is 4.11. The molecule has 0 radical (unpaired) electrons. The minimum Gasteiger partial charge on any atom is -0.481 e. The van der Waals surface area contributed by atoms with Crippen LogP contribution in [0.5, 0.6) is 0 Å². The highest BCUT2D eigenvalue weighted by Crippen LogP contribution is 2.48. The van der Waals surface area contributed by atoms with Gasteiger partial charge in [0.25, 0.3) is 0 Å². The Labute approximate surface area is 145 Å². The number of allylic oxidation sites excluding steroid dienone is 2. The normalized spacial score (nSPS) is 26.7. The third-order valence-corrected chi connectivity index (χ3v) is 5.24. The number of rotatable bonds is 5. The summed E-state index contributed by atoms with van der Waals surface area (Å²) in [4.78, 5) is 24.3. The van der Waals surface area contributed by atoms with E-state index >= 15 is 0 Å². The molecule has 1 aromatic heterocycles. The summed E-state index contributed by atoms with van der Waals surface area (Å²) in [7, 11) is 0. The molecule has 0 aliphatic heterocycles. The van der Waals surface area contributed by atoms with Crippen LogP contribution in [0.4, 0.5) is 0 Å². The van der Waals surface area contributed by atoms with E-state index in [1.165, 1.54) is 0 Å². The zero-order chi connectivity index (χ0) is 17.4. The molecule has 4 rings (SSSR count).